The first kappa shape index (κ1) is 8.59. The van der Waals surface area contributed by atoms with Gasteiger partial charge in [0, 0.05) is 12.2 Å². The number of imidazole rings is 1. The van der Waals surface area contributed by atoms with E-state index in [1.807, 2.05) is 10.8 Å². The lowest BCUT2D eigenvalue weighted by Crippen LogP contribution is -2.06. The molecule has 0 radical (unpaired) electrons. The van der Waals surface area contributed by atoms with Crippen molar-refractivity contribution < 1.29 is 0 Å². The Morgan fingerprint density at radius 2 is 2.45 bits per heavy atom. The smallest absolute Gasteiger partial charge is 0.201 e. The molecule has 0 amide bonds. The van der Waals surface area contributed by atoms with E-state index in [0.717, 1.165) is 11.0 Å². The molecule has 1 rings (SSSR count). The lowest BCUT2D eigenvalue weighted by atomic mass is 10.3. The maximum absolute atomic E-state index is 5.64. The molecular weight excluding hydrogens is 206 g/mol. The zero-order chi connectivity index (χ0) is 8.43. The van der Waals surface area contributed by atoms with Crippen LogP contribution in [0, 0.1) is 0 Å². The van der Waals surface area contributed by atoms with E-state index in [2.05, 4.69) is 34.8 Å². The summed E-state index contributed by atoms with van der Waals surface area (Å²) in [5, 5.41) is 0. The summed E-state index contributed by atoms with van der Waals surface area (Å²) in [5.74, 6) is 0.575. The van der Waals surface area contributed by atoms with Crippen LogP contribution in [-0.2, 0) is 0 Å². The molecule has 1 heterocycles. The third-order valence-electron chi connectivity index (χ3n) is 1.80. The number of hydrogen-bond donors (Lipinski definition) is 1. The van der Waals surface area contributed by atoms with Crippen LogP contribution in [0.4, 0.5) is 5.95 Å². The van der Waals surface area contributed by atoms with Gasteiger partial charge in [-0.3, -0.25) is 0 Å². The number of hydrogen-bond acceptors (Lipinski definition) is 2. The van der Waals surface area contributed by atoms with Gasteiger partial charge < -0.3 is 10.3 Å². The molecule has 0 aliphatic rings. The lowest BCUT2D eigenvalue weighted by Gasteiger charge is -2.10. The van der Waals surface area contributed by atoms with Crippen LogP contribution < -0.4 is 5.73 Å². The van der Waals surface area contributed by atoms with Crippen LogP contribution in [0.2, 0.25) is 0 Å². The highest BCUT2D eigenvalue weighted by molar-refractivity contribution is 9.10. The molecule has 1 atom stereocenters. The van der Waals surface area contributed by atoms with Crippen molar-refractivity contribution in [1.82, 2.24) is 9.55 Å². The van der Waals surface area contributed by atoms with E-state index in [9.17, 15) is 0 Å². The number of rotatable bonds is 2. The zero-order valence-corrected chi connectivity index (χ0v) is 8.30. The summed E-state index contributed by atoms with van der Waals surface area (Å²) in [5.41, 5.74) is 5.64. The molecule has 2 N–H and O–H groups in total. The summed E-state index contributed by atoms with van der Waals surface area (Å²) in [7, 11) is 0. The second-order valence-corrected chi connectivity index (χ2v) is 3.40. The minimum absolute atomic E-state index is 0.425. The Kier molecular flexibility index (Phi) is 2.54. The SMILES string of the molecule is CCC(C)n1cc(Br)nc1N. The average molecular weight is 218 g/mol. The number of nitrogens with zero attached hydrogens (tertiary/aromatic N) is 2. The Hall–Kier alpha value is -0.510. The number of aromatic nitrogens is 2. The number of halogens is 1. The molecule has 4 heteroatoms. The Labute approximate surface area is 74.7 Å². The second kappa shape index (κ2) is 3.26. The number of anilines is 1. The van der Waals surface area contributed by atoms with Crippen molar-refractivity contribution in [1.29, 1.82) is 0 Å². The van der Waals surface area contributed by atoms with Crippen LogP contribution in [0.3, 0.4) is 0 Å². The van der Waals surface area contributed by atoms with E-state index < -0.39 is 0 Å². The van der Waals surface area contributed by atoms with Crippen LogP contribution in [0.5, 0.6) is 0 Å². The molecule has 62 valence electrons. The molecule has 0 fully saturated rings. The summed E-state index contributed by atoms with van der Waals surface area (Å²) < 4.78 is 2.76. The molecule has 0 aliphatic heterocycles. The number of nitrogen functional groups attached to an aromatic ring is 1. The normalized spacial score (nSPS) is 13.4. The van der Waals surface area contributed by atoms with Crippen molar-refractivity contribution in [3.63, 3.8) is 0 Å². The minimum Gasteiger partial charge on any atom is -0.369 e. The standard InChI is InChI=1S/C7H12BrN3/c1-3-5(2)11-4-6(8)10-7(11)9/h4-5H,3H2,1-2H3,(H2,9,10). The first-order chi connectivity index (χ1) is 5.15. The van der Waals surface area contributed by atoms with E-state index in [-0.39, 0.29) is 0 Å². The Morgan fingerprint density at radius 3 is 2.82 bits per heavy atom. The quantitative estimate of drug-likeness (QED) is 0.826. The van der Waals surface area contributed by atoms with Crippen molar-refractivity contribution in [2.24, 2.45) is 0 Å². The second-order valence-electron chi connectivity index (χ2n) is 2.59. The average Bonchev–Trinajstić information content (AvgIpc) is 2.28. The molecule has 1 unspecified atom stereocenters. The van der Waals surface area contributed by atoms with Crippen molar-refractivity contribution in [3.8, 4) is 0 Å². The fraction of sp³-hybridized carbons (Fsp3) is 0.571. The molecule has 0 saturated heterocycles. The molecule has 0 spiro atoms. The molecule has 1 aromatic heterocycles. The molecule has 1 aromatic rings. The Morgan fingerprint density at radius 1 is 1.82 bits per heavy atom. The molecule has 0 aromatic carbocycles. The first-order valence-corrected chi connectivity index (χ1v) is 4.44. The summed E-state index contributed by atoms with van der Waals surface area (Å²) in [6, 6.07) is 0.425. The van der Waals surface area contributed by atoms with Crippen LogP contribution >= 0.6 is 15.9 Å². The summed E-state index contributed by atoms with van der Waals surface area (Å²) >= 11 is 3.27. The van der Waals surface area contributed by atoms with E-state index >= 15 is 0 Å². The molecular formula is C7H12BrN3. The van der Waals surface area contributed by atoms with Crippen molar-refractivity contribution >= 4 is 21.9 Å². The fourth-order valence-corrected chi connectivity index (χ4v) is 1.33. The molecule has 0 saturated carbocycles. The van der Waals surface area contributed by atoms with Gasteiger partial charge in [-0.15, -0.1) is 0 Å². The van der Waals surface area contributed by atoms with Gasteiger partial charge in [0.15, 0.2) is 0 Å². The van der Waals surface area contributed by atoms with Gasteiger partial charge in [-0.1, -0.05) is 6.92 Å². The minimum atomic E-state index is 0.425. The lowest BCUT2D eigenvalue weighted by molar-refractivity contribution is 0.537. The summed E-state index contributed by atoms with van der Waals surface area (Å²) in [4.78, 5) is 4.04. The monoisotopic (exact) mass is 217 g/mol. The van der Waals surface area contributed by atoms with E-state index in [4.69, 9.17) is 5.73 Å². The maximum atomic E-state index is 5.64. The molecule has 3 nitrogen and oxygen atoms in total. The van der Waals surface area contributed by atoms with Crippen LogP contribution in [0.1, 0.15) is 26.3 Å². The Balaban J connectivity index is 2.93. The van der Waals surface area contributed by atoms with Crippen molar-refractivity contribution in [3.05, 3.63) is 10.8 Å². The third kappa shape index (κ3) is 1.74. The van der Waals surface area contributed by atoms with Crippen molar-refractivity contribution in [2.45, 2.75) is 26.3 Å². The fourth-order valence-electron chi connectivity index (χ4n) is 0.927. The highest BCUT2D eigenvalue weighted by Gasteiger charge is 2.06. The largest absolute Gasteiger partial charge is 0.369 e. The third-order valence-corrected chi connectivity index (χ3v) is 2.18. The van der Waals surface area contributed by atoms with Crippen molar-refractivity contribution in [2.75, 3.05) is 5.73 Å². The van der Waals surface area contributed by atoms with Gasteiger partial charge in [0.1, 0.15) is 4.60 Å². The summed E-state index contributed by atoms with van der Waals surface area (Å²) in [6.07, 6.45) is 2.97. The van der Waals surface area contributed by atoms with Gasteiger partial charge >= 0.3 is 0 Å². The van der Waals surface area contributed by atoms with Gasteiger partial charge in [0.25, 0.3) is 0 Å². The van der Waals surface area contributed by atoms with Crippen LogP contribution in [-0.4, -0.2) is 9.55 Å². The summed E-state index contributed by atoms with van der Waals surface area (Å²) in [6.45, 7) is 4.24. The molecule has 0 aliphatic carbocycles. The number of nitrogens with two attached hydrogens (primary N) is 1. The van der Waals surface area contributed by atoms with Gasteiger partial charge in [-0.05, 0) is 29.3 Å². The highest BCUT2D eigenvalue weighted by atomic mass is 79.9. The predicted molar refractivity (Wildman–Crippen MR) is 49.3 cm³/mol. The molecule has 0 bridgehead atoms. The van der Waals surface area contributed by atoms with Gasteiger partial charge in [0.2, 0.25) is 5.95 Å². The van der Waals surface area contributed by atoms with Crippen LogP contribution in [0.15, 0.2) is 10.8 Å². The van der Waals surface area contributed by atoms with E-state index in [1.54, 1.807) is 0 Å². The first-order valence-electron chi connectivity index (χ1n) is 3.65. The van der Waals surface area contributed by atoms with Gasteiger partial charge in [-0.2, -0.15) is 0 Å². The van der Waals surface area contributed by atoms with Gasteiger partial charge in [-0.25, -0.2) is 4.98 Å². The zero-order valence-electron chi connectivity index (χ0n) is 6.71. The highest BCUT2D eigenvalue weighted by Crippen LogP contribution is 2.18. The topological polar surface area (TPSA) is 43.8 Å². The molecule has 11 heavy (non-hydrogen) atoms. The van der Waals surface area contributed by atoms with E-state index in [1.165, 1.54) is 0 Å². The maximum Gasteiger partial charge on any atom is 0.201 e. The predicted octanol–water partition coefficient (Wildman–Crippen LogP) is 2.20. The van der Waals surface area contributed by atoms with Gasteiger partial charge in [0.05, 0.1) is 0 Å². The Bertz CT molecular complexity index is 244. The van der Waals surface area contributed by atoms with E-state index in [0.29, 0.717) is 12.0 Å². The van der Waals surface area contributed by atoms with Crippen LogP contribution in [0.25, 0.3) is 0 Å².